The molecule has 0 spiro atoms. The summed E-state index contributed by atoms with van der Waals surface area (Å²) < 4.78 is 16.5. The summed E-state index contributed by atoms with van der Waals surface area (Å²) in [4.78, 5) is 16.7. The van der Waals surface area contributed by atoms with Crippen molar-refractivity contribution < 1.29 is 19.0 Å². The third-order valence-corrected chi connectivity index (χ3v) is 5.54. The Morgan fingerprint density at radius 2 is 1.64 bits per heavy atom. The van der Waals surface area contributed by atoms with E-state index in [2.05, 4.69) is 15.5 Å². The molecule has 0 bridgehead atoms. The van der Waals surface area contributed by atoms with E-state index in [-0.39, 0.29) is 5.69 Å². The largest absolute Gasteiger partial charge is 0.497 e. The van der Waals surface area contributed by atoms with Gasteiger partial charge in [-0.2, -0.15) is 5.10 Å². The minimum Gasteiger partial charge on any atom is -0.497 e. The van der Waals surface area contributed by atoms with Crippen LogP contribution in [-0.4, -0.2) is 37.4 Å². The first-order valence-corrected chi connectivity index (χ1v) is 10.9. The molecule has 1 heterocycles. The average Bonchev–Trinajstić information content (AvgIpc) is 3.37. The van der Waals surface area contributed by atoms with Crippen LogP contribution in [0.3, 0.4) is 0 Å². The van der Waals surface area contributed by atoms with Crippen molar-refractivity contribution in [3.8, 4) is 28.4 Å². The van der Waals surface area contributed by atoms with Gasteiger partial charge in [0.1, 0.15) is 22.9 Å². The van der Waals surface area contributed by atoms with Crippen molar-refractivity contribution in [1.29, 1.82) is 0 Å². The second kappa shape index (κ2) is 10.6. The normalized spacial score (nSPS) is 13.8. The molecule has 0 radical (unpaired) electrons. The number of carbonyl (C=O) groups is 1. The first kappa shape index (κ1) is 22.3. The fourth-order valence-electron chi connectivity index (χ4n) is 3.79. The molecule has 2 aromatic carbocycles. The summed E-state index contributed by atoms with van der Waals surface area (Å²) in [7, 11) is 3.15. The monoisotopic (exact) mass is 445 g/mol. The molecule has 0 aliphatic heterocycles. The molecular weight excluding hydrogens is 418 g/mol. The molecule has 1 amide bonds. The zero-order chi connectivity index (χ0) is 23.0. The van der Waals surface area contributed by atoms with E-state index in [1.165, 1.54) is 19.1 Å². The van der Waals surface area contributed by atoms with E-state index in [4.69, 9.17) is 14.2 Å². The van der Waals surface area contributed by atoms with Crippen LogP contribution in [0, 0.1) is 0 Å². The Balaban J connectivity index is 1.41. The summed E-state index contributed by atoms with van der Waals surface area (Å²) in [6.07, 6.45) is 8.19. The van der Waals surface area contributed by atoms with E-state index in [9.17, 15) is 4.79 Å². The van der Waals surface area contributed by atoms with Crippen molar-refractivity contribution in [2.45, 2.75) is 31.8 Å². The Labute approximate surface area is 193 Å². The SMILES string of the molecule is COc1cc(/C=N/NC(=O)c2cc(-c3ccc(OC4CCCC4)cc3)ccn2)cc(OC)c1. The van der Waals surface area contributed by atoms with Crippen molar-refractivity contribution in [2.75, 3.05) is 14.2 Å². The van der Waals surface area contributed by atoms with Gasteiger partial charge in [0.2, 0.25) is 0 Å². The van der Waals surface area contributed by atoms with Crippen LogP contribution in [0.1, 0.15) is 41.7 Å². The van der Waals surface area contributed by atoms with E-state index in [1.54, 1.807) is 44.7 Å². The molecular formula is C26H27N3O4. The van der Waals surface area contributed by atoms with Crippen LogP contribution < -0.4 is 19.6 Å². The summed E-state index contributed by atoms with van der Waals surface area (Å²) in [5.74, 6) is 1.75. The number of hydrazone groups is 1. The number of hydrogen-bond donors (Lipinski definition) is 1. The molecule has 0 unspecified atom stereocenters. The second-order valence-electron chi connectivity index (χ2n) is 7.82. The van der Waals surface area contributed by atoms with Crippen LogP contribution in [0.25, 0.3) is 11.1 Å². The molecule has 0 atom stereocenters. The molecule has 4 rings (SSSR count). The van der Waals surface area contributed by atoms with Crippen LogP contribution in [0.2, 0.25) is 0 Å². The van der Waals surface area contributed by atoms with Crippen molar-refractivity contribution in [2.24, 2.45) is 5.10 Å². The van der Waals surface area contributed by atoms with Crippen molar-refractivity contribution in [3.63, 3.8) is 0 Å². The Bertz CT molecular complexity index is 1100. The predicted molar refractivity (Wildman–Crippen MR) is 127 cm³/mol. The zero-order valence-corrected chi connectivity index (χ0v) is 18.8. The molecule has 1 N–H and O–H groups in total. The molecule has 0 saturated heterocycles. The molecule has 7 nitrogen and oxygen atoms in total. The number of nitrogens with zero attached hydrogens (tertiary/aromatic N) is 2. The quantitative estimate of drug-likeness (QED) is 0.396. The highest BCUT2D eigenvalue weighted by Crippen LogP contribution is 2.27. The van der Waals surface area contributed by atoms with Gasteiger partial charge in [-0.05, 0) is 73.2 Å². The lowest BCUT2D eigenvalue weighted by Crippen LogP contribution is -2.19. The van der Waals surface area contributed by atoms with E-state index in [0.29, 0.717) is 17.6 Å². The number of amides is 1. The van der Waals surface area contributed by atoms with Gasteiger partial charge >= 0.3 is 0 Å². The van der Waals surface area contributed by atoms with Gasteiger partial charge in [-0.1, -0.05) is 12.1 Å². The molecule has 1 saturated carbocycles. The summed E-state index contributed by atoms with van der Waals surface area (Å²) in [6, 6.07) is 16.9. The lowest BCUT2D eigenvalue weighted by molar-refractivity contribution is 0.0950. The molecule has 170 valence electrons. The highest BCUT2D eigenvalue weighted by Gasteiger charge is 2.16. The van der Waals surface area contributed by atoms with Gasteiger partial charge < -0.3 is 14.2 Å². The zero-order valence-electron chi connectivity index (χ0n) is 18.8. The minimum absolute atomic E-state index is 0.277. The first-order chi connectivity index (χ1) is 16.1. The summed E-state index contributed by atoms with van der Waals surface area (Å²) in [5.41, 5.74) is 5.40. The van der Waals surface area contributed by atoms with Crippen LogP contribution >= 0.6 is 0 Å². The van der Waals surface area contributed by atoms with Gasteiger partial charge in [0.05, 0.1) is 26.5 Å². The third kappa shape index (κ3) is 5.88. The van der Waals surface area contributed by atoms with Gasteiger partial charge in [0.15, 0.2) is 0 Å². The maximum absolute atomic E-state index is 12.6. The summed E-state index contributed by atoms with van der Waals surface area (Å²) in [6.45, 7) is 0. The topological polar surface area (TPSA) is 82.0 Å². The molecule has 1 aliphatic carbocycles. The molecule has 1 aliphatic rings. The second-order valence-corrected chi connectivity index (χ2v) is 7.82. The predicted octanol–water partition coefficient (Wildman–Crippen LogP) is 4.85. The minimum atomic E-state index is -0.399. The van der Waals surface area contributed by atoms with Crippen molar-refractivity contribution in [3.05, 3.63) is 72.1 Å². The third-order valence-electron chi connectivity index (χ3n) is 5.54. The maximum atomic E-state index is 12.6. The number of ether oxygens (including phenoxy) is 3. The Hall–Kier alpha value is -3.87. The highest BCUT2D eigenvalue weighted by atomic mass is 16.5. The standard InChI is InChI=1S/C26H27N3O4/c1-31-23-13-18(14-24(16-23)32-2)17-28-29-26(30)25-15-20(11-12-27-25)19-7-9-22(10-8-19)33-21-5-3-4-6-21/h7-17,21H,3-6H2,1-2H3,(H,29,30)/b28-17+. The number of aromatic nitrogens is 1. The van der Waals surface area contributed by atoms with E-state index < -0.39 is 5.91 Å². The molecule has 1 fully saturated rings. The number of nitrogens with one attached hydrogen (secondary N) is 1. The van der Waals surface area contributed by atoms with Gasteiger partial charge in [-0.3, -0.25) is 9.78 Å². The highest BCUT2D eigenvalue weighted by molar-refractivity contribution is 5.94. The molecule has 3 aromatic rings. The van der Waals surface area contributed by atoms with Crippen molar-refractivity contribution in [1.82, 2.24) is 10.4 Å². The van der Waals surface area contributed by atoms with E-state index in [0.717, 1.165) is 35.3 Å². The number of pyridine rings is 1. The van der Waals surface area contributed by atoms with Crippen LogP contribution in [0.4, 0.5) is 0 Å². The van der Waals surface area contributed by atoms with Gasteiger partial charge in [0, 0.05) is 17.8 Å². The first-order valence-electron chi connectivity index (χ1n) is 10.9. The van der Waals surface area contributed by atoms with Gasteiger partial charge in [-0.15, -0.1) is 0 Å². The van der Waals surface area contributed by atoms with E-state index in [1.807, 2.05) is 30.3 Å². The van der Waals surface area contributed by atoms with Gasteiger partial charge in [-0.25, -0.2) is 5.43 Å². The Morgan fingerprint density at radius 1 is 0.939 bits per heavy atom. The molecule has 1 aromatic heterocycles. The van der Waals surface area contributed by atoms with Crippen LogP contribution in [0.15, 0.2) is 65.9 Å². The number of rotatable bonds is 8. The summed E-state index contributed by atoms with van der Waals surface area (Å²) in [5, 5.41) is 4.04. The van der Waals surface area contributed by atoms with Crippen LogP contribution in [0.5, 0.6) is 17.2 Å². The molecule has 7 heteroatoms. The fraction of sp³-hybridized carbons (Fsp3) is 0.269. The molecule has 33 heavy (non-hydrogen) atoms. The average molecular weight is 446 g/mol. The van der Waals surface area contributed by atoms with Crippen molar-refractivity contribution >= 4 is 12.1 Å². The maximum Gasteiger partial charge on any atom is 0.289 e. The number of methoxy groups -OCH3 is 2. The Kier molecular flexibility index (Phi) is 7.19. The fourth-order valence-corrected chi connectivity index (χ4v) is 3.79. The number of hydrogen-bond acceptors (Lipinski definition) is 6. The smallest absolute Gasteiger partial charge is 0.289 e. The number of carbonyl (C=O) groups excluding carboxylic acids is 1. The van der Waals surface area contributed by atoms with E-state index >= 15 is 0 Å². The Morgan fingerprint density at radius 3 is 2.30 bits per heavy atom. The lowest BCUT2D eigenvalue weighted by Gasteiger charge is -2.13. The van der Waals surface area contributed by atoms with Gasteiger partial charge in [0.25, 0.3) is 5.91 Å². The van der Waals surface area contributed by atoms with Crippen LogP contribution in [-0.2, 0) is 0 Å². The number of benzene rings is 2. The lowest BCUT2D eigenvalue weighted by atomic mass is 10.1. The summed E-state index contributed by atoms with van der Waals surface area (Å²) >= 11 is 0.